The Hall–Kier alpha value is -0.590. The SMILES string of the molecule is C/C(=C\C=O)C(C)C(C)C. The van der Waals surface area contributed by atoms with Gasteiger partial charge in [0, 0.05) is 0 Å². The number of rotatable bonds is 3. The fourth-order valence-electron chi connectivity index (χ4n) is 0.785. The van der Waals surface area contributed by atoms with E-state index < -0.39 is 0 Å². The normalized spacial score (nSPS) is 15.5. The monoisotopic (exact) mass is 140 g/mol. The van der Waals surface area contributed by atoms with Gasteiger partial charge in [-0.1, -0.05) is 26.3 Å². The van der Waals surface area contributed by atoms with E-state index in [9.17, 15) is 4.79 Å². The molecule has 0 aliphatic carbocycles. The summed E-state index contributed by atoms with van der Waals surface area (Å²) in [7, 11) is 0. The lowest BCUT2D eigenvalue weighted by Gasteiger charge is -2.14. The Labute approximate surface area is 63.1 Å². The van der Waals surface area contributed by atoms with Gasteiger partial charge >= 0.3 is 0 Å². The molecule has 0 amide bonds. The molecule has 1 nitrogen and oxygen atoms in total. The lowest BCUT2D eigenvalue weighted by atomic mass is 9.91. The predicted octanol–water partition coefficient (Wildman–Crippen LogP) is 2.42. The Kier molecular flexibility index (Phi) is 4.01. The first kappa shape index (κ1) is 9.41. The predicted molar refractivity (Wildman–Crippen MR) is 43.8 cm³/mol. The maximum absolute atomic E-state index is 10.1. The Morgan fingerprint density at radius 3 is 2.10 bits per heavy atom. The van der Waals surface area contributed by atoms with E-state index in [0.717, 1.165) is 6.29 Å². The molecule has 0 aromatic rings. The van der Waals surface area contributed by atoms with Crippen LogP contribution < -0.4 is 0 Å². The fourth-order valence-corrected chi connectivity index (χ4v) is 0.785. The molecule has 0 spiro atoms. The topological polar surface area (TPSA) is 17.1 Å². The standard InChI is InChI=1S/C9H16O/c1-7(2)9(4)8(3)5-6-10/h5-7,9H,1-4H3/b8-5+. The number of carbonyl (C=O) groups excluding carboxylic acids is 1. The summed E-state index contributed by atoms with van der Waals surface area (Å²) in [6.07, 6.45) is 2.50. The van der Waals surface area contributed by atoms with Gasteiger partial charge in [-0.15, -0.1) is 0 Å². The van der Waals surface area contributed by atoms with E-state index in [1.807, 2.05) is 6.92 Å². The highest BCUT2D eigenvalue weighted by molar-refractivity contribution is 5.66. The zero-order chi connectivity index (χ0) is 8.15. The average molecular weight is 140 g/mol. The van der Waals surface area contributed by atoms with Crippen LogP contribution in [0, 0.1) is 11.8 Å². The minimum absolute atomic E-state index is 0.519. The van der Waals surface area contributed by atoms with Crippen molar-refractivity contribution < 1.29 is 4.79 Å². The minimum atomic E-state index is 0.519. The molecule has 1 unspecified atom stereocenters. The maximum atomic E-state index is 10.1. The van der Waals surface area contributed by atoms with Gasteiger partial charge in [0.05, 0.1) is 0 Å². The van der Waals surface area contributed by atoms with E-state index >= 15 is 0 Å². The third-order valence-corrected chi connectivity index (χ3v) is 2.05. The molecular weight excluding hydrogens is 124 g/mol. The first-order valence-electron chi connectivity index (χ1n) is 3.71. The van der Waals surface area contributed by atoms with Gasteiger partial charge in [-0.2, -0.15) is 0 Å². The van der Waals surface area contributed by atoms with Gasteiger partial charge in [0.15, 0.2) is 0 Å². The maximum Gasteiger partial charge on any atom is 0.142 e. The molecule has 0 heterocycles. The van der Waals surface area contributed by atoms with E-state index in [-0.39, 0.29) is 0 Å². The molecule has 0 rings (SSSR count). The van der Waals surface area contributed by atoms with Gasteiger partial charge in [-0.05, 0) is 24.8 Å². The van der Waals surface area contributed by atoms with Crippen molar-refractivity contribution in [3.63, 3.8) is 0 Å². The smallest absolute Gasteiger partial charge is 0.142 e. The van der Waals surface area contributed by atoms with Crippen LogP contribution in [0.1, 0.15) is 27.7 Å². The van der Waals surface area contributed by atoms with Crippen molar-refractivity contribution in [2.24, 2.45) is 11.8 Å². The molecule has 0 aromatic carbocycles. The van der Waals surface area contributed by atoms with Crippen LogP contribution in [0.4, 0.5) is 0 Å². The second-order valence-electron chi connectivity index (χ2n) is 3.08. The highest BCUT2D eigenvalue weighted by Crippen LogP contribution is 2.17. The van der Waals surface area contributed by atoms with Gasteiger partial charge in [0.25, 0.3) is 0 Å². The number of allylic oxidation sites excluding steroid dienone is 2. The fraction of sp³-hybridized carbons (Fsp3) is 0.667. The average Bonchev–Trinajstić information content (AvgIpc) is 1.87. The molecule has 0 radical (unpaired) electrons. The molecule has 0 fully saturated rings. The van der Waals surface area contributed by atoms with Crippen LogP contribution in [0.25, 0.3) is 0 Å². The van der Waals surface area contributed by atoms with Crippen molar-refractivity contribution in [3.05, 3.63) is 11.6 Å². The van der Waals surface area contributed by atoms with Crippen molar-refractivity contribution in [3.8, 4) is 0 Å². The first-order chi connectivity index (χ1) is 4.59. The summed E-state index contributed by atoms with van der Waals surface area (Å²) in [5.74, 6) is 1.14. The van der Waals surface area contributed by atoms with Gasteiger partial charge in [0.1, 0.15) is 6.29 Å². The highest BCUT2D eigenvalue weighted by atomic mass is 16.1. The number of aldehydes is 1. The summed E-state index contributed by atoms with van der Waals surface area (Å²) in [5.41, 5.74) is 1.17. The second kappa shape index (κ2) is 4.26. The zero-order valence-electron chi connectivity index (χ0n) is 7.22. The number of hydrogen-bond donors (Lipinski definition) is 0. The molecule has 0 saturated carbocycles. The molecule has 1 atom stereocenters. The molecule has 0 aliphatic rings. The Bertz CT molecular complexity index is 134. The van der Waals surface area contributed by atoms with Crippen molar-refractivity contribution in [2.75, 3.05) is 0 Å². The van der Waals surface area contributed by atoms with Crippen molar-refractivity contribution >= 4 is 6.29 Å². The molecule has 0 bridgehead atoms. The lowest BCUT2D eigenvalue weighted by Crippen LogP contribution is -2.04. The zero-order valence-corrected chi connectivity index (χ0v) is 7.22. The van der Waals surface area contributed by atoms with Gasteiger partial charge < -0.3 is 0 Å². The summed E-state index contributed by atoms with van der Waals surface area (Å²) in [5, 5.41) is 0. The van der Waals surface area contributed by atoms with E-state index in [2.05, 4.69) is 20.8 Å². The molecule has 0 aromatic heterocycles. The summed E-state index contributed by atoms with van der Waals surface area (Å²) >= 11 is 0. The summed E-state index contributed by atoms with van der Waals surface area (Å²) in [6.45, 7) is 8.46. The molecule has 58 valence electrons. The molecule has 1 heteroatoms. The highest BCUT2D eigenvalue weighted by Gasteiger charge is 2.07. The second-order valence-corrected chi connectivity index (χ2v) is 3.08. The number of hydrogen-bond acceptors (Lipinski definition) is 1. The molecular formula is C9H16O. The molecule has 10 heavy (non-hydrogen) atoms. The minimum Gasteiger partial charge on any atom is -0.299 e. The largest absolute Gasteiger partial charge is 0.299 e. The van der Waals surface area contributed by atoms with Gasteiger partial charge in [0.2, 0.25) is 0 Å². The third-order valence-electron chi connectivity index (χ3n) is 2.05. The van der Waals surface area contributed by atoms with Crippen LogP contribution in [-0.2, 0) is 4.79 Å². The number of carbonyl (C=O) groups is 1. The first-order valence-corrected chi connectivity index (χ1v) is 3.71. The van der Waals surface area contributed by atoms with Gasteiger partial charge in [-0.3, -0.25) is 4.79 Å². The van der Waals surface area contributed by atoms with Crippen LogP contribution in [-0.4, -0.2) is 6.29 Å². The Morgan fingerprint density at radius 1 is 1.30 bits per heavy atom. The van der Waals surface area contributed by atoms with Crippen molar-refractivity contribution in [1.29, 1.82) is 0 Å². The summed E-state index contributed by atoms with van der Waals surface area (Å²) in [6, 6.07) is 0. The van der Waals surface area contributed by atoms with Crippen LogP contribution in [0.2, 0.25) is 0 Å². The summed E-state index contributed by atoms with van der Waals surface area (Å²) < 4.78 is 0. The molecule has 0 saturated heterocycles. The van der Waals surface area contributed by atoms with Crippen LogP contribution in [0.15, 0.2) is 11.6 Å². The van der Waals surface area contributed by atoms with E-state index in [4.69, 9.17) is 0 Å². The lowest BCUT2D eigenvalue weighted by molar-refractivity contribution is -0.104. The van der Waals surface area contributed by atoms with Crippen LogP contribution >= 0.6 is 0 Å². The van der Waals surface area contributed by atoms with E-state index in [0.29, 0.717) is 11.8 Å². The molecule has 0 N–H and O–H groups in total. The van der Waals surface area contributed by atoms with Crippen molar-refractivity contribution in [1.82, 2.24) is 0 Å². The van der Waals surface area contributed by atoms with Crippen LogP contribution in [0.3, 0.4) is 0 Å². The third kappa shape index (κ3) is 2.81. The quantitative estimate of drug-likeness (QED) is 0.434. The summed E-state index contributed by atoms with van der Waals surface area (Å²) in [4.78, 5) is 10.1. The van der Waals surface area contributed by atoms with E-state index in [1.54, 1.807) is 6.08 Å². The van der Waals surface area contributed by atoms with Crippen LogP contribution in [0.5, 0.6) is 0 Å². The van der Waals surface area contributed by atoms with E-state index in [1.165, 1.54) is 5.57 Å². The van der Waals surface area contributed by atoms with Crippen molar-refractivity contribution in [2.45, 2.75) is 27.7 Å². The Morgan fingerprint density at radius 2 is 1.80 bits per heavy atom. The van der Waals surface area contributed by atoms with Gasteiger partial charge in [-0.25, -0.2) is 0 Å². The Balaban J connectivity index is 4.06. The molecule has 0 aliphatic heterocycles.